The predicted octanol–water partition coefficient (Wildman–Crippen LogP) is 5.54. The Morgan fingerprint density at radius 1 is 0.600 bits per heavy atom. The normalized spacial score (nSPS) is 12.5. The lowest BCUT2D eigenvalue weighted by atomic mass is 9.95. The molecule has 2 heterocycles. The molecule has 96 valence electrons. The lowest BCUT2D eigenvalue weighted by Gasteiger charge is -2.04. The molecule has 2 heteroatoms. The van der Waals surface area contributed by atoms with Crippen LogP contribution in [0.3, 0.4) is 0 Å². The minimum Gasteiger partial charge on any atom is -0.461 e. The summed E-state index contributed by atoms with van der Waals surface area (Å²) in [6, 6.07) is 12.5. The van der Waals surface area contributed by atoms with Gasteiger partial charge in [-0.2, -0.15) is 0 Å². The van der Waals surface area contributed by atoms with Crippen LogP contribution in [-0.4, -0.2) is 0 Å². The quantitative estimate of drug-likeness (QED) is 0.342. The number of hydrogen-bond donors (Lipinski definition) is 0. The summed E-state index contributed by atoms with van der Waals surface area (Å²) in [5.41, 5.74) is 1.91. The van der Waals surface area contributed by atoms with Crippen LogP contribution in [0.5, 0.6) is 0 Å². The van der Waals surface area contributed by atoms with Crippen LogP contribution in [0.25, 0.3) is 43.5 Å². The van der Waals surface area contributed by atoms with Crippen molar-refractivity contribution in [2.45, 2.75) is 13.8 Å². The maximum atomic E-state index is 5.95. The maximum absolute atomic E-state index is 5.95. The van der Waals surface area contributed by atoms with Crippen molar-refractivity contribution in [3.8, 4) is 0 Å². The molecule has 3 aromatic carbocycles. The zero-order chi connectivity index (χ0) is 13.4. The molecule has 0 atom stereocenters. The van der Waals surface area contributed by atoms with Crippen molar-refractivity contribution in [3.05, 3.63) is 47.9 Å². The average Bonchev–Trinajstić information content (AvgIpc) is 2.95. The first-order chi connectivity index (χ1) is 9.75. The molecular weight excluding hydrogens is 248 g/mol. The molecule has 0 N–H and O–H groups in total. The van der Waals surface area contributed by atoms with Crippen LogP contribution in [0, 0.1) is 13.8 Å². The molecule has 0 fully saturated rings. The molecule has 0 unspecified atom stereocenters. The molecule has 0 saturated carbocycles. The zero-order valence-electron chi connectivity index (χ0n) is 11.3. The third-order valence-corrected chi connectivity index (χ3v) is 4.32. The van der Waals surface area contributed by atoms with Crippen molar-refractivity contribution in [1.82, 2.24) is 0 Å². The Bertz CT molecular complexity index is 1020. The first-order valence-electron chi connectivity index (χ1n) is 6.80. The molecule has 2 aromatic heterocycles. The van der Waals surface area contributed by atoms with E-state index in [1.807, 2.05) is 26.0 Å². The first-order valence-corrected chi connectivity index (χ1v) is 6.80. The molecule has 0 aliphatic heterocycles. The van der Waals surface area contributed by atoms with Gasteiger partial charge in [-0.1, -0.05) is 24.3 Å². The van der Waals surface area contributed by atoms with E-state index in [0.29, 0.717) is 0 Å². The second kappa shape index (κ2) is 3.15. The van der Waals surface area contributed by atoms with Crippen molar-refractivity contribution >= 4 is 43.5 Å². The molecule has 20 heavy (non-hydrogen) atoms. The fourth-order valence-corrected chi connectivity index (χ4v) is 3.60. The summed E-state index contributed by atoms with van der Waals surface area (Å²) >= 11 is 0. The Hall–Kier alpha value is -2.48. The second-order valence-electron chi connectivity index (χ2n) is 5.42. The first kappa shape index (κ1) is 10.3. The van der Waals surface area contributed by atoms with Gasteiger partial charge in [0.25, 0.3) is 0 Å². The molecule has 0 radical (unpaired) electrons. The third kappa shape index (κ3) is 0.989. The molecule has 0 amide bonds. The van der Waals surface area contributed by atoms with Crippen LogP contribution >= 0.6 is 0 Å². The highest BCUT2D eigenvalue weighted by molar-refractivity contribution is 6.33. The van der Waals surface area contributed by atoms with E-state index in [-0.39, 0.29) is 0 Å². The van der Waals surface area contributed by atoms with Gasteiger partial charge < -0.3 is 8.83 Å². The summed E-state index contributed by atoms with van der Waals surface area (Å²) in [4.78, 5) is 0. The number of fused-ring (bicyclic) bond motifs is 2. The zero-order valence-corrected chi connectivity index (χ0v) is 11.3. The number of furan rings is 2. The van der Waals surface area contributed by atoms with Crippen molar-refractivity contribution in [2.24, 2.45) is 0 Å². The summed E-state index contributed by atoms with van der Waals surface area (Å²) in [7, 11) is 0. The molecule has 0 spiro atoms. The van der Waals surface area contributed by atoms with Crippen molar-refractivity contribution in [2.75, 3.05) is 0 Å². The van der Waals surface area contributed by atoms with E-state index < -0.39 is 0 Å². The van der Waals surface area contributed by atoms with Crippen molar-refractivity contribution in [3.63, 3.8) is 0 Å². The van der Waals surface area contributed by atoms with Gasteiger partial charge >= 0.3 is 0 Å². The van der Waals surface area contributed by atoms with Crippen LogP contribution in [0.4, 0.5) is 0 Å². The van der Waals surface area contributed by atoms with Crippen LogP contribution in [-0.2, 0) is 0 Å². The van der Waals surface area contributed by atoms with E-state index >= 15 is 0 Å². The van der Waals surface area contributed by atoms with Gasteiger partial charge in [0.05, 0.1) is 0 Å². The summed E-state index contributed by atoms with van der Waals surface area (Å²) < 4.78 is 11.9. The lowest BCUT2D eigenvalue weighted by Crippen LogP contribution is -1.80. The van der Waals surface area contributed by atoms with Gasteiger partial charge in [0.1, 0.15) is 22.7 Å². The highest BCUT2D eigenvalue weighted by Gasteiger charge is 2.20. The van der Waals surface area contributed by atoms with E-state index in [2.05, 4.69) is 24.3 Å². The van der Waals surface area contributed by atoms with E-state index in [4.69, 9.17) is 8.83 Å². The minimum absolute atomic E-state index is 0.957. The Morgan fingerprint density at radius 2 is 1.05 bits per heavy atom. The smallest absolute Gasteiger partial charge is 0.135 e. The van der Waals surface area contributed by atoms with Gasteiger partial charge in [0.15, 0.2) is 0 Å². The third-order valence-electron chi connectivity index (χ3n) is 4.32. The topological polar surface area (TPSA) is 26.3 Å². The van der Waals surface area contributed by atoms with Crippen molar-refractivity contribution in [1.29, 1.82) is 0 Å². The van der Waals surface area contributed by atoms with E-state index in [1.54, 1.807) is 0 Å². The SMILES string of the molecule is Cc1oc2cccc3c4c(C)oc5cccc(c1c23)c54. The summed E-state index contributed by atoms with van der Waals surface area (Å²) in [5.74, 6) is 1.95. The Kier molecular flexibility index (Phi) is 1.63. The standard InChI is InChI=1S/C18H12O2/c1-9-15-11-5-3-8-14-18(11)16(10(2)20-14)12-6-4-7-13(19-9)17(12)15/h3-8H,1-2H3. The van der Waals surface area contributed by atoms with E-state index in [0.717, 1.165) is 22.7 Å². The van der Waals surface area contributed by atoms with E-state index in [9.17, 15) is 0 Å². The fraction of sp³-hybridized carbons (Fsp3) is 0.111. The van der Waals surface area contributed by atoms with E-state index in [1.165, 1.54) is 32.3 Å². The largest absolute Gasteiger partial charge is 0.461 e. The molecule has 0 aliphatic rings. The number of benzene rings is 3. The summed E-state index contributed by atoms with van der Waals surface area (Å²) in [5, 5.41) is 7.32. The Labute approximate surface area is 114 Å². The van der Waals surface area contributed by atoms with Gasteiger partial charge in [0, 0.05) is 21.5 Å². The summed E-state index contributed by atoms with van der Waals surface area (Å²) in [6.45, 7) is 4.08. The van der Waals surface area contributed by atoms with Crippen molar-refractivity contribution < 1.29 is 8.83 Å². The van der Waals surface area contributed by atoms with Gasteiger partial charge in [-0.25, -0.2) is 0 Å². The minimum atomic E-state index is 0.957. The molecule has 5 rings (SSSR count). The maximum Gasteiger partial charge on any atom is 0.135 e. The molecule has 5 aromatic rings. The predicted molar refractivity (Wildman–Crippen MR) is 81.7 cm³/mol. The van der Waals surface area contributed by atoms with Crippen LogP contribution in [0.2, 0.25) is 0 Å². The van der Waals surface area contributed by atoms with Crippen LogP contribution in [0.15, 0.2) is 45.2 Å². The highest BCUT2D eigenvalue weighted by atomic mass is 16.3. The number of hydrogen-bond acceptors (Lipinski definition) is 2. The highest BCUT2D eigenvalue weighted by Crippen LogP contribution is 2.44. The molecule has 0 bridgehead atoms. The lowest BCUT2D eigenvalue weighted by molar-refractivity contribution is 0.583. The van der Waals surface area contributed by atoms with Crippen LogP contribution in [0.1, 0.15) is 11.5 Å². The Balaban J connectivity index is 2.35. The molecular formula is C18H12O2. The monoisotopic (exact) mass is 260 g/mol. The van der Waals surface area contributed by atoms with Gasteiger partial charge in [-0.05, 0) is 36.8 Å². The second-order valence-corrected chi connectivity index (χ2v) is 5.42. The molecule has 0 saturated heterocycles. The average molecular weight is 260 g/mol. The number of rotatable bonds is 0. The fourth-order valence-electron chi connectivity index (χ4n) is 3.60. The Morgan fingerprint density at radius 3 is 1.50 bits per heavy atom. The van der Waals surface area contributed by atoms with Crippen LogP contribution < -0.4 is 0 Å². The summed E-state index contributed by atoms with van der Waals surface area (Å²) in [6.07, 6.45) is 0. The number of aryl methyl sites for hydroxylation is 2. The molecule has 2 nitrogen and oxygen atoms in total. The van der Waals surface area contributed by atoms with Gasteiger partial charge in [0.2, 0.25) is 0 Å². The van der Waals surface area contributed by atoms with Gasteiger partial charge in [-0.3, -0.25) is 0 Å². The molecule has 0 aliphatic carbocycles. The van der Waals surface area contributed by atoms with Gasteiger partial charge in [-0.15, -0.1) is 0 Å².